The van der Waals surface area contributed by atoms with Crippen LogP contribution in [0, 0.1) is 5.82 Å². The Kier molecular flexibility index (Phi) is 4.06. The summed E-state index contributed by atoms with van der Waals surface area (Å²) in [5.74, 6) is 0.453. The van der Waals surface area contributed by atoms with Crippen LogP contribution in [0.3, 0.4) is 0 Å². The predicted molar refractivity (Wildman–Crippen MR) is 65.6 cm³/mol. The lowest BCUT2D eigenvalue weighted by Gasteiger charge is -2.10. The Hall–Kier alpha value is -1.46. The third kappa shape index (κ3) is 3.25. The van der Waals surface area contributed by atoms with Crippen LogP contribution in [0.5, 0.6) is 5.75 Å². The van der Waals surface area contributed by atoms with E-state index in [0.29, 0.717) is 18.9 Å². The van der Waals surface area contributed by atoms with Gasteiger partial charge in [-0.2, -0.15) is 0 Å². The maximum atomic E-state index is 13.1. The molecule has 17 heavy (non-hydrogen) atoms. The highest BCUT2D eigenvalue weighted by Gasteiger charge is 2.05. The molecule has 0 radical (unpaired) electrons. The van der Waals surface area contributed by atoms with Crippen molar-refractivity contribution in [2.24, 2.45) is 0 Å². The van der Waals surface area contributed by atoms with Gasteiger partial charge >= 0.3 is 0 Å². The average Bonchev–Trinajstić information content (AvgIpc) is 2.81. The van der Waals surface area contributed by atoms with Crippen LogP contribution < -0.4 is 10.1 Å². The third-order valence-electron chi connectivity index (χ3n) is 2.24. The van der Waals surface area contributed by atoms with E-state index in [1.54, 1.807) is 17.8 Å². The van der Waals surface area contributed by atoms with Crippen molar-refractivity contribution in [2.75, 3.05) is 7.05 Å². The summed E-state index contributed by atoms with van der Waals surface area (Å²) in [7, 11) is 1.82. The van der Waals surface area contributed by atoms with E-state index in [1.165, 1.54) is 23.5 Å². The molecule has 90 valence electrons. The summed E-state index contributed by atoms with van der Waals surface area (Å²) in [6.45, 7) is 1.04. The number of nitrogens with zero attached hydrogens (tertiary/aromatic N) is 1. The van der Waals surface area contributed by atoms with Gasteiger partial charge in [0.25, 0.3) is 0 Å². The molecule has 0 saturated carbocycles. The van der Waals surface area contributed by atoms with E-state index in [2.05, 4.69) is 10.3 Å². The lowest BCUT2D eigenvalue weighted by Crippen LogP contribution is -2.07. The normalized spacial score (nSPS) is 10.5. The molecular formula is C12H13FN2OS. The molecule has 2 rings (SSSR count). The Morgan fingerprint density at radius 3 is 3.06 bits per heavy atom. The molecule has 1 N–H and O–H groups in total. The summed E-state index contributed by atoms with van der Waals surface area (Å²) in [5.41, 5.74) is 2.58. The van der Waals surface area contributed by atoms with E-state index in [-0.39, 0.29) is 5.82 Å². The molecule has 1 aromatic carbocycles. The largest absolute Gasteiger partial charge is 0.488 e. The number of rotatable bonds is 5. The molecule has 0 aliphatic carbocycles. The molecule has 0 amide bonds. The van der Waals surface area contributed by atoms with E-state index >= 15 is 0 Å². The van der Waals surface area contributed by atoms with Crippen LogP contribution >= 0.6 is 11.3 Å². The summed E-state index contributed by atoms with van der Waals surface area (Å²) in [6, 6.07) is 4.54. The Bertz CT molecular complexity index is 473. The van der Waals surface area contributed by atoms with Crippen molar-refractivity contribution < 1.29 is 9.13 Å². The zero-order valence-corrected chi connectivity index (χ0v) is 10.3. The Morgan fingerprint density at radius 2 is 2.35 bits per heavy atom. The van der Waals surface area contributed by atoms with Crippen LogP contribution in [0.15, 0.2) is 29.9 Å². The fraction of sp³-hybridized carbons (Fsp3) is 0.250. The molecule has 3 nitrogen and oxygen atoms in total. The zero-order valence-electron chi connectivity index (χ0n) is 9.44. The van der Waals surface area contributed by atoms with Gasteiger partial charge in [0.2, 0.25) is 0 Å². The number of halogens is 1. The minimum absolute atomic E-state index is 0.250. The van der Waals surface area contributed by atoms with Gasteiger partial charge in [-0.05, 0) is 25.2 Å². The Balaban J connectivity index is 2.08. The summed E-state index contributed by atoms with van der Waals surface area (Å²) in [5, 5.41) is 2.99. The van der Waals surface area contributed by atoms with Crippen molar-refractivity contribution in [3.05, 3.63) is 46.2 Å². The molecule has 0 unspecified atom stereocenters. The number of hydrogen-bond donors (Lipinski definition) is 1. The topological polar surface area (TPSA) is 34.1 Å². The highest BCUT2D eigenvalue weighted by Crippen LogP contribution is 2.21. The smallest absolute Gasteiger partial charge is 0.124 e. The fourth-order valence-corrected chi connectivity index (χ4v) is 1.99. The molecule has 1 heterocycles. The summed E-state index contributed by atoms with van der Waals surface area (Å²) >= 11 is 1.54. The molecule has 0 atom stereocenters. The van der Waals surface area contributed by atoms with Crippen molar-refractivity contribution >= 4 is 11.3 Å². The molecule has 0 aliphatic rings. The predicted octanol–water partition coefficient (Wildman–Crippen LogP) is 2.58. The molecular weight excluding hydrogens is 239 g/mol. The van der Waals surface area contributed by atoms with E-state index < -0.39 is 0 Å². The Morgan fingerprint density at radius 1 is 1.47 bits per heavy atom. The minimum atomic E-state index is -0.250. The van der Waals surface area contributed by atoms with Crippen LogP contribution in [0.4, 0.5) is 4.39 Å². The van der Waals surface area contributed by atoms with Crippen LogP contribution in [-0.4, -0.2) is 12.0 Å². The second-order valence-corrected chi connectivity index (χ2v) is 4.51. The van der Waals surface area contributed by atoms with Gasteiger partial charge in [-0.25, -0.2) is 4.39 Å². The first-order chi connectivity index (χ1) is 8.29. The molecule has 0 spiro atoms. The van der Waals surface area contributed by atoms with Crippen LogP contribution in [0.1, 0.15) is 10.4 Å². The maximum absolute atomic E-state index is 13.1. The van der Waals surface area contributed by atoms with Gasteiger partial charge in [0.05, 0.1) is 10.4 Å². The standard InChI is InChI=1S/C12H13FN2OS/c1-14-5-9-4-10(13)2-3-12(9)16-7-11-6-15-8-17-11/h2-4,6,8,14H,5,7H2,1H3. The van der Waals surface area contributed by atoms with Crippen LogP contribution in [0.25, 0.3) is 0 Å². The molecule has 2 aromatic rings. The van der Waals surface area contributed by atoms with E-state index in [4.69, 9.17) is 4.74 Å². The van der Waals surface area contributed by atoms with Crippen molar-refractivity contribution in [3.63, 3.8) is 0 Å². The quantitative estimate of drug-likeness (QED) is 0.888. The molecule has 0 bridgehead atoms. The van der Waals surface area contributed by atoms with Gasteiger partial charge in [-0.1, -0.05) is 0 Å². The molecule has 0 saturated heterocycles. The van der Waals surface area contributed by atoms with E-state index in [0.717, 1.165) is 10.4 Å². The maximum Gasteiger partial charge on any atom is 0.124 e. The van der Waals surface area contributed by atoms with Crippen molar-refractivity contribution in [1.82, 2.24) is 10.3 Å². The van der Waals surface area contributed by atoms with E-state index in [1.807, 2.05) is 7.05 Å². The number of ether oxygens (including phenoxy) is 1. The van der Waals surface area contributed by atoms with Crippen molar-refractivity contribution in [2.45, 2.75) is 13.2 Å². The first-order valence-corrected chi connectivity index (χ1v) is 6.11. The summed E-state index contributed by atoms with van der Waals surface area (Å²) < 4.78 is 18.7. The first kappa shape index (κ1) is 12.0. The van der Waals surface area contributed by atoms with Gasteiger partial charge in [0.1, 0.15) is 18.2 Å². The number of benzene rings is 1. The van der Waals surface area contributed by atoms with Gasteiger partial charge in [-0.3, -0.25) is 4.98 Å². The molecule has 0 fully saturated rings. The van der Waals surface area contributed by atoms with Gasteiger partial charge in [0.15, 0.2) is 0 Å². The lowest BCUT2D eigenvalue weighted by atomic mass is 10.2. The van der Waals surface area contributed by atoms with Gasteiger partial charge in [0, 0.05) is 18.3 Å². The highest BCUT2D eigenvalue weighted by molar-refractivity contribution is 7.09. The molecule has 0 aliphatic heterocycles. The minimum Gasteiger partial charge on any atom is -0.488 e. The molecule has 5 heteroatoms. The first-order valence-electron chi connectivity index (χ1n) is 5.23. The second-order valence-electron chi connectivity index (χ2n) is 3.54. The summed E-state index contributed by atoms with van der Waals surface area (Å²) in [4.78, 5) is 5.02. The molecule has 1 aromatic heterocycles. The number of thiazole rings is 1. The third-order valence-corrected chi connectivity index (χ3v) is 3.00. The lowest BCUT2D eigenvalue weighted by molar-refractivity contribution is 0.305. The van der Waals surface area contributed by atoms with Gasteiger partial charge in [-0.15, -0.1) is 11.3 Å². The number of hydrogen-bond acceptors (Lipinski definition) is 4. The van der Waals surface area contributed by atoms with Crippen molar-refractivity contribution in [3.8, 4) is 5.75 Å². The van der Waals surface area contributed by atoms with Crippen LogP contribution in [0.2, 0.25) is 0 Å². The van der Waals surface area contributed by atoms with Gasteiger partial charge < -0.3 is 10.1 Å². The SMILES string of the molecule is CNCc1cc(F)ccc1OCc1cncs1. The fourth-order valence-electron chi connectivity index (χ4n) is 1.48. The Labute approximate surface area is 103 Å². The van der Waals surface area contributed by atoms with Crippen LogP contribution in [-0.2, 0) is 13.2 Å². The monoisotopic (exact) mass is 252 g/mol. The number of aromatic nitrogens is 1. The number of nitrogens with one attached hydrogen (secondary N) is 1. The zero-order chi connectivity index (χ0) is 12.1. The van der Waals surface area contributed by atoms with E-state index in [9.17, 15) is 4.39 Å². The highest BCUT2D eigenvalue weighted by atomic mass is 32.1. The summed E-state index contributed by atoms with van der Waals surface area (Å²) in [6.07, 6.45) is 1.77. The van der Waals surface area contributed by atoms with Crippen molar-refractivity contribution in [1.29, 1.82) is 0 Å². The average molecular weight is 252 g/mol. The second kappa shape index (κ2) is 5.75.